The first-order valence-electron chi connectivity index (χ1n) is 4.50. The fourth-order valence-electron chi connectivity index (χ4n) is 1.47. The number of alkyl halides is 2. The number of rotatable bonds is 1. The summed E-state index contributed by atoms with van der Waals surface area (Å²) in [5.74, 6) is 0. The van der Waals surface area contributed by atoms with Crippen LogP contribution >= 0.6 is 0 Å². The topological polar surface area (TPSA) is 26.0 Å². The van der Waals surface area contributed by atoms with Crippen LogP contribution in [-0.2, 0) is 0 Å². The number of hydrogen-bond donors (Lipinski definition) is 1. The molecule has 0 spiro atoms. The summed E-state index contributed by atoms with van der Waals surface area (Å²) >= 11 is 0.407. The molecule has 2 atom stereocenters. The fourth-order valence-corrected chi connectivity index (χ4v) is 4.98. The van der Waals surface area contributed by atoms with Gasteiger partial charge < -0.3 is 0 Å². The molecule has 0 saturated carbocycles. The van der Waals surface area contributed by atoms with Crippen molar-refractivity contribution in [3.05, 3.63) is 0 Å². The molecular weight excluding hydrogens is 249 g/mol. The Kier molecular flexibility index (Phi) is 3.62. The summed E-state index contributed by atoms with van der Waals surface area (Å²) in [6.45, 7) is 4.55. The third-order valence-electron chi connectivity index (χ3n) is 2.31. The van der Waals surface area contributed by atoms with Gasteiger partial charge in [-0.15, -0.1) is 0 Å². The second kappa shape index (κ2) is 4.08. The number of hydrogen-bond acceptors (Lipinski definition) is 1. The van der Waals surface area contributed by atoms with Gasteiger partial charge in [-0.05, 0) is 0 Å². The molecule has 0 aliphatic carbocycles. The second-order valence-corrected chi connectivity index (χ2v) is 7.24. The van der Waals surface area contributed by atoms with Gasteiger partial charge in [-0.1, -0.05) is 0 Å². The van der Waals surface area contributed by atoms with Crippen molar-refractivity contribution in [3.63, 3.8) is 0 Å². The van der Waals surface area contributed by atoms with Crippen LogP contribution in [0.3, 0.4) is 0 Å². The van der Waals surface area contributed by atoms with Gasteiger partial charge in [0.2, 0.25) is 0 Å². The average Bonchev–Trinajstić information content (AvgIpc) is 2.10. The van der Waals surface area contributed by atoms with Gasteiger partial charge in [0.1, 0.15) is 0 Å². The first-order valence-corrected chi connectivity index (χ1v) is 7.28. The second-order valence-electron chi connectivity index (χ2n) is 3.84. The molecule has 2 heteroatoms. The minimum absolute atomic E-state index is 0.192. The Bertz CT molecular complexity index is 123. The van der Waals surface area contributed by atoms with Crippen LogP contribution in [0.2, 0.25) is 0 Å². The first kappa shape index (κ1) is 9.78. The maximum absolute atomic E-state index is 6.12. The molecule has 1 heterocycles. The van der Waals surface area contributed by atoms with Crippen molar-refractivity contribution in [1.82, 2.24) is 0 Å². The predicted octanol–water partition coefficient (Wildman–Crippen LogP) is -1.24. The number of nitrogens with two attached hydrogens (primary N) is 1. The summed E-state index contributed by atoms with van der Waals surface area (Å²) in [6, 6.07) is 0. The van der Waals surface area contributed by atoms with Gasteiger partial charge in [0, 0.05) is 0 Å². The SMILES string of the molecule is CCC1CCCC(C)(N)C[I-]1. The van der Waals surface area contributed by atoms with Crippen LogP contribution in [0.1, 0.15) is 39.5 Å². The molecular formula is C9H19IN-. The molecule has 0 aromatic heterocycles. The van der Waals surface area contributed by atoms with E-state index in [4.69, 9.17) is 5.73 Å². The van der Waals surface area contributed by atoms with Crippen molar-refractivity contribution in [2.75, 3.05) is 4.43 Å². The van der Waals surface area contributed by atoms with Crippen LogP contribution in [0.25, 0.3) is 0 Å². The van der Waals surface area contributed by atoms with E-state index in [0.29, 0.717) is 21.2 Å². The Labute approximate surface area is 80.4 Å². The standard InChI is InChI=1S/C9H19IN/c1-3-8-5-4-6-9(2,11)7-10-8/h8H,3-7,11H2,1-2H3/q-1. The summed E-state index contributed by atoms with van der Waals surface area (Å²) in [4.78, 5) is 0. The summed E-state index contributed by atoms with van der Waals surface area (Å²) in [5, 5.41) is 0. The van der Waals surface area contributed by atoms with Crippen molar-refractivity contribution in [2.24, 2.45) is 5.73 Å². The van der Waals surface area contributed by atoms with E-state index in [-0.39, 0.29) is 5.54 Å². The van der Waals surface area contributed by atoms with Crippen LogP contribution in [-0.4, -0.2) is 13.9 Å². The molecule has 2 N–H and O–H groups in total. The molecule has 0 aromatic carbocycles. The van der Waals surface area contributed by atoms with Gasteiger partial charge in [-0.25, -0.2) is 0 Å². The molecule has 0 radical (unpaired) electrons. The Balaban J connectivity index is 2.39. The Hall–Kier alpha value is 0.690. The zero-order chi connectivity index (χ0) is 8.32. The minimum atomic E-state index is 0.192. The molecule has 1 nitrogen and oxygen atoms in total. The third kappa shape index (κ3) is 3.28. The van der Waals surface area contributed by atoms with E-state index in [9.17, 15) is 0 Å². The first-order chi connectivity index (χ1) is 5.14. The van der Waals surface area contributed by atoms with Crippen molar-refractivity contribution < 1.29 is 21.2 Å². The summed E-state index contributed by atoms with van der Waals surface area (Å²) < 4.78 is 2.41. The van der Waals surface area contributed by atoms with Crippen LogP contribution < -0.4 is 26.9 Å². The molecule has 1 aliphatic rings. The van der Waals surface area contributed by atoms with E-state index in [1.165, 1.54) is 30.1 Å². The van der Waals surface area contributed by atoms with Gasteiger partial charge in [-0.3, -0.25) is 0 Å². The van der Waals surface area contributed by atoms with Crippen molar-refractivity contribution in [2.45, 2.75) is 49.0 Å². The molecule has 1 saturated heterocycles. The summed E-state index contributed by atoms with van der Waals surface area (Å²) in [7, 11) is 0. The molecule has 0 aromatic rings. The van der Waals surface area contributed by atoms with Crippen LogP contribution in [0.4, 0.5) is 0 Å². The monoisotopic (exact) mass is 268 g/mol. The quantitative estimate of drug-likeness (QED) is 0.467. The van der Waals surface area contributed by atoms with Crippen LogP contribution in [0, 0.1) is 0 Å². The summed E-state index contributed by atoms with van der Waals surface area (Å²) in [5.41, 5.74) is 6.31. The van der Waals surface area contributed by atoms with E-state index < -0.39 is 0 Å². The molecule has 68 valence electrons. The van der Waals surface area contributed by atoms with Crippen molar-refractivity contribution in [3.8, 4) is 0 Å². The molecule has 1 rings (SSSR count). The van der Waals surface area contributed by atoms with Crippen molar-refractivity contribution in [1.29, 1.82) is 0 Å². The molecule has 0 amide bonds. The molecule has 1 fully saturated rings. The van der Waals surface area contributed by atoms with E-state index in [1.54, 1.807) is 0 Å². The van der Waals surface area contributed by atoms with Gasteiger partial charge in [-0.2, -0.15) is 0 Å². The Morgan fingerprint density at radius 1 is 1.64 bits per heavy atom. The van der Waals surface area contributed by atoms with Crippen LogP contribution in [0.15, 0.2) is 0 Å². The molecule has 11 heavy (non-hydrogen) atoms. The maximum atomic E-state index is 6.12. The van der Waals surface area contributed by atoms with E-state index in [1.807, 2.05) is 0 Å². The normalized spacial score (nSPS) is 40.8. The molecule has 1 aliphatic heterocycles. The number of halogens is 1. The van der Waals surface area contributed by atoms with Crippen LogP contribution in [0.5, 0.6) is 0 Å². The zero-order valence-electron chi connectivity index (χ0n) is 7.57. The van der Waals surface area contributed by atoms with Gasteiger partial charge >= 0.3 is 80.4 Å². The fraction of sp³-hybridized carbons (Fsp3) is 1.00. The molecule has 2 unspecified atom stereocenters. The van der Waals surface area contributed by atoms with Gasteiger partial charge in [0.05, 0.1) is 0 Å². The van der Waals surface area contributed by atoms with E-state index in [2.05, 4.69) is 13.8 Å². The predicted molar refractivity (Wildman–Crippen MR) is 45.4 cm³/mol. The van der Waals surface area contributed by atoms with Crippen molar-refractivity contribution >= 4 is 0 Å². The summed E-state index contributed by atoms with van der Waals surface area (Å²) in [6.07, 6.45) is 5.47. The Morgan fingerprint density at radius 3 is 3.00 bits per heavy atom. The zero-order valence-corrected chi connectivity index (χ0v) is 9.73. The Morgan fingerprint density at radius 2 is 2.36 bits per heavy atom. The molecule has 0 bridgehead atoms. The average molecular weight is 268 g/mol. The third-order valence-corrected chi connectivity index (χ3v) is 7.24. The van der Waals surface area contributed by atoms with Gasteiger partial charge in [0.15, 0.2) is 0 Å². The van der Waals surface area contributed by atoms with E-state index >= 15 is 0 Å². The van der Waals surface area contributed by atoms with Gasteiger partial charge in [0.25, 0.3) is 0 Å². The van der Waals surface area contributed by atoms with E-state index in [0.717, 1.165) is 3.92 Å².